The summed E-state index contributed by atoms with van der Waals surface area (Å²) < 4.78 is 27.1. The fraction of sp³-hybridized carbons (Fsp3) is 0.308. The normalized spacial score (nSPS) is 12.8. The second-order valence-electron chi connectivity index (χ2n) is 4.71. The number of anilines is 1. The van der Waals surface area contributed by atoms with E-state index >= 15 is 0 Å². The van der Waals surface area contributed by atoms with E-state index in [0.717, 1.165) is 11.3 Å². The molecule has 10 heteroatoms. The molecular formula is C13H14ClN3O4S2. The van der Waals surface area contributed by atoms with Gasteiger partial charge in [0.25, 0.3) is 10.0 Å². The maximum absolute atomic E-state index is 12.4. The summed E-state index contributed by atoms with van der Waals surface area (Å²) in [5.41, 5.74) is 0.420. The summed E-state index contributed by atoms with van der Waals surface area (Å²) in [5.74, 6) is -1.83. The lowest BCUT2D eigenvalue weighted by Gasteiger charge is -2.08. The monoisotopic (exact) mass is 375 g/mol. The van der Waals surface area contributed by atoms with Crippen LogP contribution in [0.2, 0.25) is 5.02 Å². The Kier molecular flexibility index (Phi) is 5.23. The number of hydrogen-bond donors (Lipinski definition) is 2. The van der Waals surface area contributed by atoms with Crippen molar-refractivity contribution in [1.29, 1.82) is 0 Å². The fourth-order valence-electron chi connectivity index (χ4n) is 1.92. The Morgan fingerprint density at radius 3 is 2.74 bits per heavy atom. The molecule has 1 atom stereocenters. The molecule has 0 fully saturated rings. The molecule has 0 spiro atoms. The number of benzene rings is 1. The molecule has 1 aromatic heterocycles. The average Bonchev–Trinajstić information content (AvgIpc) is 2.89. The van der Waals surface area contributed by atoms with Gasteiger partial charge < -0.3 is 5.11 Å². The predicted molar refractivity (Wildman–Crippen MR) is 87.6 cm³/mol. The fourth-order valence-corrected chi connectivity index (χ4v) is 4.57. The van der Waals surface area contributed by atoms with E-state index < -0.39 is 21.9 Å². The molecule has 2 rings (SSSR count). The summed E-state index contributed by atoms with van der Waals surface area (Å²) in [4.78, 5) is 11.1. The molecule has 0 radical (unpaired) electrons. The van der Waals surface area contributed by atoms with Gasteiger partial charge in [-0.1, -0.05) is 35.9 Å². The molecule has 2 aromatic rings. The summed E-state index contributed by atoms with van der Waals surface area (Å²) in [5, 5.41) is 17.2. The number of sulfonamides is 1. The maximum Gasteiger partial charge on any atom is 0.313 e. The second kappa shape index (κ2) is 6.81. The molecule has 2 N–H and O–H groups in total. The number of halogens is 1. The maximum atomic E-state index is 12.4. The minimum absolute atomic E-state index is 0.0130. The third-order valence-electron chi connectivity index (χ3n) is 3.17. The van der Waals surface area contributed by atoms with Crippen LogP contribution in [0, 0.1) is 6.92 Å². The number of aliphatic carboxylic acids is 1. The van der Waals surface area contributed by atoms with Gasteiger partial charge in [-0.25, -0.2) is 8.42 Å². The van der Waals surface area contributed by atoms with Crippen LogP contribution in [0.5, 0.6) is 0 Å². The molecular weight excluding hydrogens is 362 g/mol. The van der Waals surface area contributed by atoms with Crippen molar-refractivity contribution in [3.8, 4) is 0 Å². The summed E-state index contributed by atoms with van der Waals surface area (Å²) >= 11 is 6.84. The molecule has 0 saturated heterocycles. The Morgan fingerprint density at radius 1 is 1.43 bits per heavy atom. The zero-order valence-corrected chi connectivity index (χ0v) is 14.7. The molecule has 0 aliphatic rings. The first kappa shape index (κ1) is 17.6. The number of carbonyl (C=O) groups is 1. The quantitative estimate of drug-likeness (QED) is 0.803. The smallest absolute Gasteiger partial charge is 0.313 e. The molecule has 1 heterocycles. The van der Waals surface area contributed by atoms with Gasteiger partial charge in [-0.3, -0.25) is 9.52 Å². The van der Waals surface area contributed by atoms with Crippen LogP contribution in [0.1, 0.15) is 29.8 Å². The van der Waals surface area contributed by atoms with E-state index in [1.54, 1.807) is 19.9 Å². The zero-order valence-electron chi connectivity index (χ0n) is 12.3. The molecule has 0 aliphatic heterocycles. The van der Waals surface area contributed by atoms with Crippen molar-refractivity contribution < 1.29 is 18.3 Å². The minimum Gasteiger partial charge on any atom is -0.481 e. The van der Waals surface area contributed by atoms with Gasteiger partial charge in [0.05, 0.1) is 4.90 Å². The highest BCUT2D eigenvalue weighted by Crippen LogP contribution is 2.29. The third kappa shape index (κ3) is 3.80. The van der Waals surface area contributed by atoms with Crippen molar-refractivity contribution >= 4 is 44.1 Å². The largest absolute Gasteiger partial charge is 0.481 e. The van der Waals surface area contributed by atoms with E-state index in [2.05, 4.69) is 14.9 Å². The van der Waals surface area contributed by atoms with E-state index in [9.17, 15) is 13.2 Å². The lowest BCUT2D eigenvalue weighted by atomic mass is 10.1. The number of rotatable bonds is 6. The zero-order chi connectivity index (χ0) is 17.2. The van der Waals surface area contributed by atoms with Crippen LogP contribution in [-0.2, 0) is 14.8 Å². The number of nitrogens with zero attached hydrogens (tertiary/aromatic N) is 2. The molecule has 1 aromatic carbocycles. The van der Waals surface area contributed by atoms with Crippen molar-refractivity contribution in [3.05, 3.63) is 33.8 Å². The highest BCUT2D eigenvalue weighted by molar-refractivity contribution is 7.93. The van der Waals surface area contributed by atoms with Crippen LogP contribution >= 0.6 is 22.9 Å². The van der Waals surface area contributed by atoms with Crippen LogP contribution in [-0.4, -0.2) is 29.7 Å². The predicted octanol–water partition coefficient (Wildman–Crippen LogP) is 2.88. The highest BCUT2D eigenvalue weighted by atomic mass is 35.5. The summed E-state index contributed by atoms with van der Waals surface area (Å²) in [7, 11) is -3.88. The van der Waals surface area contributed by atoms with Gasteiger partial charge in [0, 0.05) is 5.02 Å². The standard InChI is InChI=1S/C13H14ClN3O4S2/c1-3-8(12(18)19)11-15-16-13(22-11)17-23(20,21)10-6-4-5-9(14)7(10)2/h4-6,8H,3H2,1-2H3,(H,16,17)(H,18,19). The molecule has 7 nitrogen and oxygen atoms in total. The van der Waals surface area contributed by atoms with E-state index in [0.29, 0.717) is 17.0 Å². The summed E-state index contributed by atoms with van der Waals surface area (Å²) in [6, 6.07) is 4.56. The van der Waals surface area contributed by atoms with Gasteiger partial charge in [0.15, 0.2) is 0 Å². The third-order valence-corrected chi connectivity index (χ3v) is 6.15. The van der Waals surface area contributed by atoms with Gasteiger partial charge in [-0.15, -0.1) is 10.2 Å². The molecule has 23 heavy (non-hydrogen) atoms. The van der Waals surface area contributed by atoms with Gasteiger partial charge in [0.1, 0.15) is 10.9 Å². The number of carboxylic acids is 1. The number of carboxylic acid groups (broad SMARTS) is 1. The molecule has 0 saturated carbocycles. The number of hydrogen-bond acceptors (Lipinski definition) is 6. The molecule has 0 amide bonds. The van der Waals surface area contributed by atoms with E-state index in [1.807, 2.05) is 0 Å². The molecule has 1 unspecified atom stereocenters. The lowest BCUT2D eigenvalue weighted by molar-refractivity contribution is -0.138. The van der Waals surface area contributed by atoms with Crippen molar-refractivity contribution in [2.45, 2.75) is 31.1 Å². The lowest BCUT2D eigenvalue weighted by Crippen LogP contribution is -2.14. The SMILES string of the molecule is CCC(C(=O)O)c1nnc(NS(=O)(=O)c2cccc(Cl)c2C)s1. The second-order valence-corrected chi connectivity index (χ2v) is 7.78. The highest BCUT2D eigenvalue weighted by Gasteiger charge is 2.25. The van der Waals surface area contributed by atoms with Crippen molar-refractivity contribution in [1.82, 2.24) is 10.2 Å². The van der Waals surface area contributed by atoms with Crippen molar-refractivity contribution in [2.75, 3.05) is 4.72 Å². The first-order chi connectivity index (χ1) is 10.8. The van der Waals surface area contributed by atoms with E-state index in [4.69, 9.17) is 16.7 Å². The van der Waals surface area contributed by atoms with Crippen LogP contribution in [0.15, 0.2) is 23.1 Å². The minimum atomic E-state index is -3.88. The Morgan fingerprint density at radius 2 is 2.13 bits per heavy atom. The van der Waals surface area contributed by atoms with E-state index in [-0.39, 0.29) is 15.0 Å². The van der Waals surface area contributed by atoms with Crippen LogP contribution in [0.3, 0.4) is 0 Å². The number of aromatic nitrogens is 2. The van der Waals surface area contributed by atoms with Gasteiger partial charge in [-0.2, -0.15) is 0 Å². The molecule has 0 aliphatic carbocycles. The van der Waals surface area contributed by atoms with E-state index in [1.165, 1.54) is 12.1 Å². The van der Waals surface area contributed by atoms with Crippen LogP contribution in [0.25, 0.3) is 0 Å². The number of nitrogens with one attached hydrogen (secondary N) is 1. The topological polar surface area (TPSA) is 109 Å². The summed E-state index contributed by atoms with van der Waals surface area (Å²) in [6.45, 7) is 3.30. The Balaban J connectivity index is 2.30. The Labute approximate surface area is 142 Å². The Hall–Kier alpha value is -1.71. The van der Waals surface area contributed by atoms with Gasteiger partial charge >= 0.3 is 5.97 Å². The molecule has 0 bridgehead atoms. The average molecular weight is 376 g/mol. The first-order valence-corrected chi connectivity index (χ1v) is 9.28. The first-order valence-electron chi connectivity index (χ1n) is 6.60. The van der Waals surface area contributed by atoms with Crippen LogP contribution in [0.4, 0.5) is 5.13 Å². The Bertz CT molecular complexity index is 835. The van der Waals surface area contributed by atoms with Gasteiger partial charge in [-0.05, 0) is 31.0 Å². The van der Waals surface area contributed by atoms with Crippen molar-refractivity contribution in [3.63, 3.8) is 0 Å². The molecule has 124 valence electrons. The van der Waals surface area contributed by atoms with Crippen LogP contribution < -0.4 is 4.72 Å². The summed E-state index contributed by atoms with van der Waals surface area (Å²) in [6.07, 6.45) is 0.337. The van der Waals surface area contributed by atoms with Gasteiger partial charge in [0.2, 0.25) is 5.13 Å². The van der Waals surface area contributed by atoms with Crippen molar-refractivity contribution in [2.24, 2.45) is 0 Å².